The molecule has 0 aromatic heterocycles. The zero-order chi connectivity index (χ0) is 16.1. The average Bonchev–Trinajstić information content (AvgIpc) is 2.49. The maximum Gasteiger partial charge on any atom is 0.253 e. The van der Waals surface area contributed by atoms with Gasteiger partial charge in [0.1, 0.15) is 0 Å². The molecule has 0 aliphatic heterocycles. The summed E-state index contributed by atoms with van der Waals surface area (Å²) in [5.74, 6) is -0.401. The number of hydrogen-bond donors (Lipinski definition) is 3. The first kappa shape index (κ1) is 16.8. The smallest absolute Gasteiger partial charge is 0.253 e. The first-order valence-electron chi connectivity index (χ1n) is 7.58. The standard InChI is InChI=1S/C16H21ClN2O3/c1-2-15(21)19-14-9-10(17)3-8-13(14)16(22)18-11-4-6-12(20)7-5-11/h3,8-9,11-12,20H,2,4-7H2,1H3,(H,18,22)(H,19,21). The number of anilines is 1. The zero-order valence-corrected chi connectivity index (χ0v) is 13.3. The van der Waals surface area contributed by atoms with E-state index in [1.807, 2.05) is 0 Å². The van der Waals surface area contributed by atoms with E-state index in [1.54, 1.807) is 25.1 Å². The number of halogens is 1. The molecule has 1 fully saturated rings. The molecule has 0 saturated heterocycles. The molecule has 1 aromatic rings. The van der Waals surface area contributed by atoms with Gasteiger partial charge in [-0.2, -0.15) is 0 Å². The number of nitrogens with one attached hydrogen (secondary N) is 2. The molecule has 0 radical (unpaired) electrons. The van der Waals surface area contributed by atoms with Crippen LogP contribution in [0, 0.1) is 0 Å². The number of aliphatic hydroxyl groups excluding tert-OH is 1. The highest BCUT2D eigenvalue weighted by atomic mass is 35.5. The fourth-order valence-electron chi connectivity index (χ4n) is 2.54. The van der Waals surface area contributed by atoms with Crippen molar-refractivity contribution in [1.29, 1.82) is 0 Å². The van der Waals surface area contributed by atoms with Crippen molar-refractivity contribution in [2.24, 2.45) is 0 Å². The van der Waals surface area contributed by atoms with Crippen molar-refractivity contribution in [2.45, 2.75) is 51.2 Å². The van der Waals surface area contributed by atoms with Crippen LogP contribution in [0.2, 0.25) is 5.02 Å². The summed E-state index contributed by atoms with van der Waals surface area (Å²) in [7, 11) is 0. The quantitative estimate of drug-likeness (QED) is 0.796. The third kappa shape index (κ3) is 4.45. The van der Waals surface area contributed by atoms with E-state index in [2.05, 4.69) is 10.6 Å². The molecule has 1 aliphatic rings. The Balaban J connectivity index is 2.09. The first-order valence-corrected chi connectivity index (χ1v) is 7.95. The Bertz CT molecular complexity index is 554. The molecule has 2 rings (SSSR count). The summed E-state index contributed by atoms with van der Waals surface area (Å²) in [6.45, 7) is 1.74. The molecule has 0 heterocycles. The highest BCUT2D eigenvalue weighted by molar-refractivity contribution is 6.31. The van der Waals surface area contributed by atoms with Gasteiger partial charge in [0.15, 0.2) is 0 Å². The predicted octanol–water partition coefficient (Wildman–Crippen LogP) is 2.72. The minimum absolute atomic E-state index is 0.0568. The van der Waals surface area contributed by atoms with Gasteiger partial charge in [0.2, 0.25) is 5.91 Å². The van der Waals surface area contributed by atoms with Gasteiger partial charge in [-0.3, -0.25) is 9.59 Å². The lowest BCUT2D eigenvalue weighted by Crippen LogP contribution is -2.38. The van der Waals surface area contributed by atoms with Gasteiger partial charge in [-0.15, -0.1) is 0 Å². The monoisotopic (exact) mass is 324 g/mol. The van der Waals surface area contributed by atoms with Crippen LogP contribution in [0.5, 0.6) is 0 Å². The molecule has 0 spiro atoms. The highest BCUT2D eigenvalue weighted by Gasteiger charge is 2.22. The van der Waals surface area contributed by atoms with E-state index < -0.39 is 0 Å². The van der Waals surface area contributed by atoms with Crippen molar-refractivity contribution >= 4 is 29.1 Å². The van der Waals surface area contributed by atoms with Crippen LogP contribution < -0.4 is 10.6 Å². The summed E-state index contributed by atoms with van der Waals surface area (Å²) < 4.78 is 0. The van der Waals surface area contributed by atoms with Gasteiger partial charge in [-0.05, 0) is 43.9 Å². The Labute approximate surface area is 135 Å². The van der Waals surface area contributed by atoms with Gasteiger partial charge in [-0.25, -0.2) is 0 Å². The van der Waals surface area contributed by atoms with Crippen molar-refractivity contribution < 1.29 is 14.7 Å². The van der Waals surface area contributed by atoms with E-state index in [-0.39, 0.29) is 24.0 Å². The molecule has 5 nitrogen and oxygen atoms in total. The Kier molecular flexibility index (Phi) is 5.80. The van der Waals surface area contributed by atoms with E-state index in [4.69, 9.17) is 11.6 Å². The lowest BCUT2D eigenvalue weighted by molar-refractivity contribution is -0.115. The third-order valence-electron chi connectivity index (χ3n) is 3.85. The van der Waals surface area contributed by atoms with Gasteiger partial charge < -0.3 is 15.7 Å². The van der Waals surface area contributed by atoms with Crippen LogP contribution in [0.1, 0.15) is 49.4 Å². The topological polar surface area (TPSA) is 78.4 Å². The van der Waals surface area contributed by atoms with Crippen molar-refractivity contribution in [3.05, 3.63) is 28.8 Å². The Hall–Kier alpha value is -1.59. The summed E-state index contributed by atoms with van der Waals surface area (Å²) in [6.07, 6.45) is 2.99. The Morgan fingerprint density at radius 1 is 1.27 bits per heavy atom. The predicted molar refractivity (Wildman–Crippen MR) is 86.1 cm³/mol. The molecule has 120 valence electrons. The molecule has 6 heteroatoms. The lowest BCUT2D eigenvalue weighted by atomic mass is 9.93. The number of benzene rings is 1. The maximum absolute atomic E-state index is 12.4. The largest absolute Gasteiger partial charge is 0.393 e. The second-order valence-electron chi connectivity index (χ2n) is 5.57. The van der Waals surface area contributed by atoms with Crippen LogP contribution in [-0.4, -0.2) is 29.1 Å². The molecule has 1 aliphatic carbocycles. The molecular formula is C16H21ClN2O3. The number of hydrogen-bond acceptors (Lipinski definition) is 3. The van der Waals surface area contributed by atoms with E-state index in [9.17, 15) is 14.7 Å². The van der Waals surface area contributed by atoms with E-state index in [0.717, 1.165) is 12.8 Å². The molecule has 0 atom stereocenters. The van der Waals surface area contributed by atoms with Crippen LogP contribution in [-0.2, 0) is 4.79 Å². The SMILES string of the molecule is CCC(=O)Nc1cc(Cl)ccc1C(=O)NC1CCC(O)CC1. The van der Waals surface area contributed by atoms with Crippen LogP contribution >= 0.6 is 11.6 Å². The Morgan fingerprint density at radius 2 is 1.95 bits per heavy atom. The van der Waals surface area contributed by atoms with Crippen LogP contribution in [0.4, 0.5) is 5.69 Å². The minimum Gasteiger partial charge on any atom is -0.393 e. The second-order valence-corrected chi connectivity index (χ2v) is 6.01. The number of carbonyl (C=O) groups is 2. The summed E-state index contributed by atoms with van der Waals surface area (Å²) in [6, 6.07) is 4.87. The first-order chi connectivity index (χ1) is 10.5. The average molecular weight is 325 g/mol. The van der Waals surface area contributed by atoms with Crippen LogP contribution in [0.25, 0.3) is 0 Å². The summed E-state index contributed by atoms with van der Waals surface area (Å²) in [5, 5.41) is 15.6. The van der Waals surface area contributed by atoms with E-state index >= 15 is 0 Å². The van der Waals surface area contributed by atoms with Crippen LogP contribution in [0.3, 0.4) is 0 Å². The molecule has 2 amide bonds. The molecule has 1 aromatic carbocycles. The van der Waals surface area contributed by atoms with Gasteiger partial charge in [0, 0.05) is 17.5 Å². The number of amides is 2. The molecule has 0 bridgehead atoms. The second kappa shape index (κ2) is 7.61. The fourth-order valence-corrected chi connectivity index (χ4v) is 2.71. The van der Waals surface area contributed by atoms with Crippen molar-refractivity contribution in [2.75, 3.05) is 5.32 Å². The number of rotatable bonds is 4. The van der Waals surface area contributed by atoms with Gasteiger partial charge in [0.05, 0.1) is 17.4 Å². The van der Waals surface area contributed by atoms with Crippen molar-refractivity contribution in [3.8, 4) is 0 Å². The normalized spacial score (nSPS) is 21.2. The van der Waals surface area contributed by atoms with Gasteiger partial charge >= 0.3 is 0 Å². The molecule has 0 unspecified atom stereocenters. The van der Waals surface area contributed by atoms with Gasteiger partial charge in [-0.1, -0.05) is 18.5 Å². The molecule has 3 N–H and O–H groups in total. The maximum atomic E-state index is 12.4. The van der Waals surface area contributed by atoms with Crippen LogP contribution in [0.15, 0.2) is 18.2 Å². The summed E-state index contributed by atoms with van der Waals surface area (Å²) in [5.41, 5.74) is 0.824. The molecular weight excluding hydrogens is 304 g/mol. The summed E-state index contributed by atoms with van der Waals surface area (Å²) >= 11 is 5.95. The lowest BCUT2D eigenvalue weighted by Gasteiger charge is -2.26. The van der Waals surface area contributed by atoms with Crippen molar-refractivity contribution in [1.82, 2.24) is 5.32 Å². The number of aliphatic hydroxyl groups is 1. The van der Waals surface area contributed by atoms with E-state index in [1.165, 1.54) is 0 Å². The van der Waals surface area contributed by atoms with Crippen molar-refractivity contribution in [3.63, 3.8) is 0 Å². The highest BCUT2D eigenvalue weighted by Crippen LogP contribution is 2.23. The zero-order valence-electron chi connectivity index (χ0n) is 12.6. The minimum atomic E-state index is -0.261. The van der Waals surface area contributed by atoms with E-state index in [0.29, 0.717) is 35.5 Å². The number of carbonyl (C=O) groups excluding carboxylic acids is 2. The fraction of sp³-hybridized carbons (Fsp3) is 0.500. The molecule has 22 heavy (non-hydrogen) atoms. The summed E-state index contributed by atoms with van der Waals surface area (Å²) in [4.78, 5) is 24.0. The van der Waals surface area contributed by atoms with Gasteiger partial charge in [0.25, 0.3) is 5.91 Å². The Morgan fingerprint density at radius 3 is 2.59 bits per heavy atom. The molecule has 1 saturated carbocycles. The third-order valence-corrected chi connectivity index (χ3v) is 4.09.